The predicted octanol–water partition coefficient (Wildman–Crippen LogP) is 2.47. The Morgan fingerprint density at radius 3 is 3.06 bits per heavy atom. The summed E-state index contributed by atoms with van der Waals surface area (Å²) < 4.78 is 5.78. The van der Waals surface area contributed by atoms with E-state index in [9.17, 15) is 4.79 Å². The van der Waals surface area contributed by atoms with E-state index in [-0.39, 0.29) is 11.9 Å². The van der Waals surface area contributed by atoms with E-state index in [0.717, 1.165) is 29.4 Å². The van der Waals surface area contributed by atoms with Crippen LogP contribution in [-0.2, 0) is 4.79 Å². The van der Waals surface area contributed by atoms with Gasteiger partial charge >= 0.3 is 5.97 Å². The van der Waals surface area contributed by atoms with Crippen molar-refractivity contribution in [3.8, 4) is 5.75 Å². The molecule has 1 atom stereocenters. The van der Waals surface area contributed by atoms with Gasteiger partial charge in [-0.05, 0) is 32.0 Å². The SMILES string of the molecule is CCN1CC(C)Oc2ccc(SCC(=O)O)cc21. The second-order valence-corrected chi connectivity index (χ2v) is 5.33. The summed E-state index contributed by atoms with van der Waals surface area (Å²) in [6.45, 7) is 5.96. The van der Waals surface area contributed by atoms with E-state index < -0.39 is 5.97 Å². The number of hydrogen-bond acceptors (Lipinski definition) is 4. The van der Waals surface area contributed by atoms with Crippen LogP contribution >= 0.6 is 11.8 Å². The number of hydrogen-bond donors (Lipinski definition) is 1. The molecule has 1 unspecified atom stereocenters. The number of carboxylic acids is 1. The molecule has 1 heterocycles. The van der Waals surface area contributed by atoms with Gasteiger partial charge in [-0.15, -0.1) is 11.8 Å². The molecule has 1 N–H and O–H groups in total. The molecule has 0 bridgehead atoms. The molecular formula is C13H17NO3S. The number of rotatable bonds is 4. The molecule has 0 aliphatic carbocycles. The Labute approximate surface area is 111 Å². The van der Waals surface area contributed by atoms with Gasteiger partial charge in [-0.3, -0.25) is 4.79 Å². The average Bonchev–Trinajstić information content (AvgIpc) is 2.35. The van der Waals surface area contributed by atoms with Crippen LogP contribution in [0.15, 0.2) is 23.1 Å². The van der Waals surface area contributed by atoms with Gasteiger partial charge in [-0.2, -0.15) is 0 Å². The van der Waals surface area contributed by atoms with Crippen molar-refractivity contribution in [2.24, 2.45) is 0 Å². The van der Waals surface area contributed by atoms with Gasteiger partial charge in [-0.25, -0.2) is 0 Å². The summed E-state index contributed by atoms with van der Waals surface area (Å²) in [5.41, 5.74) is 1.06. The molecule has 2 rings (SSSR count). The summed E-state index contributed by atoms with van der Waals surface area (Å²) in [6, 6.07) is 5.86. The number of ether oxygens (including phenoxy) is 1. The lowest BCUT2D eigenvalue weighted by Crippen LogP contribution is -2.38. The maximum Gasteiger partial charge on any atom is 0.313 e. The lowest BCUT2D eigenvalue weighted by Gasteiger charge is -2.34. The van der Waals surface area contributed by atoms with Gasteiger partial charge < -0.3 is 14.7 Å². The second-order valence-electron chi connectivity index (χ2n) is 4.28. The number of thioether (sulfide) groups is 1. The molecule has 0 saturated carbocycles. The Kier molecular flexibility index (Phi) is 4.01. The number of benzene rings is 1. The van der Waals surface area contributed by atoms with Gasteiger partial charge in [0.25, 0.3) is 0 Å². The first-order valence-corrected chi connectivity index (χ1v) is 6.99. The molecule has 1 aliphatic rings. The molecule has 1 aromatic rings. The molecule has 0 fully saturated rings. The second kappa shape index (κ2) is 5.52. The highest BCUT2D eigenvalue weighted by molar-refractivity contribution is 8.00. The highest BCUT2D eigenvalue weighted by Crippen LogP contribution is 2.36. The van der Waals surface area contributed by atoms with Crippen LogP contribution in [0.2, 0.25) is 0 Å². The van der Waals surface area contributed by atoms with Crippen LogP contribution in [0, 0.1) is 0 Å². The summed E-state index contributed by atoms with van der Waals surface area (Å²) >= 11 is 1.33. The molecule has 0 saturated heterocycles. The average molecular weight is 267 g/mol. The van der Waals surface area contributed by atoms with Crippen molar-refractivity contribution in [2.75, 3.05) is 23.7 Å². The van der Waals surface area contributed by atoms with Crippen LogP contribution in [0.25, 0.3) is 0 Å². The molecule has 0 spiro atoms. The van der Waals surface area contributed by atoms with E-state index in [1.165, 1.54) is 11.8 Å². The number of likely N-dealkylation sites (N-methyl/N-ethyl adjacent to an activating group) is 1. The van der Waals surface area contributed by atoms with Crippen molar-refractivity contribution in [2.45, 2.75) is 24.8 Å². The van der Waals surface area contributed by atoms with Crippen LogP contribution in [0.1, 0.15) is 13.8 Å². The zero-order valence-corrected chi connectivity index (χ0v) is 11.4. The fourth-order valence-corrected chi connectivity index (χ4v) is 2.69. The Morgan fingerprint density at radius 2 is 2.39 bits per heavy atom. The van der Waals surface area contributed by atoms with Gasteiger partial charge in [-0.1, -0.05) is 0 Å². The molecule has 5 heteroatoms. The quantitative estimate of drug-likeness (QED) is 0.849. The number of anilines is 1. The Bertz CT molecular complexity index is 450. The lowest BCUT2D eigenvalue weighted by atomic mass is 10.2. The molecule has 4 nitrogen and oxygen atoms in total. The van der Waals surface area contributed by atoms with Gasteiger partial charge in [0.15, 0.2) is 0 Å². The van der Waals surface area contributed by atoms with E-state index in [2.05, 4.69) is 18.7 Å². The number of nitrogens with zero attached hydrogens (tertiary/aromatic N) is 1. The Morgan fingerprint density at radius 1 is 1.61 bits per heavy atom. The van der Waals surface area contributed by atoms with Crippen molar-refractivity contribution in [3.05, 3.63) is 18.2 Å². The van der Waals surface area contributed by atoms with E-state index in [4.69, 9.17) is 9.84 Å². The first-order valence-electron chi connectivity index (χ1n) is 6.00. The lowest BCUT2D eigenvalue weighted by molar-refractivity contribution is -0.133. The van der Waals surface area contributed by atoms with Crippen molar-refractivity contribution >= 4 is 23.4 Å². The largest absolute Gasteiger partial charge is 0.487 e. The third-order valence-corrected chi connectivity index (χ3v) is 3.80. The minimum Gasteiger partial charge on any atom is -0.487 e. The zero-order valence-electron chi connectivity index (χ0n) is 10.5. The van der Waals surface area contributed by atoms with Crippen molar-refractivity contribution in [1.29, 1.82) is 0 Å². The van der Waals surface area contributed by atoms with E-state index in [1.54, 1.807) is 0 Å². The van der Waals surface area contributed by atoms with Gasteiger partial charge in [0, 0.05) is 11.4 Å². The van der Waals surface area contributed by atoms with Crippen LogP contribution in [-0.4, -0.2) is 36.0 Å². The smallest absolute Gasteiger partial charge is 0.313 e. The van der Waals surface area contributed by atoms with Crippen LogP contribution in [0.4, 0.5) is 5.69 Å². The fraction of sp³-hybridized carbons (Fsp3) is 0.462. The van der Waals surface area contributed by atoms with E-state index >= 15 is 0 Å². The number of carbonyl (C=O) groups is 1. The fourth-order valence-electron chi connectivity index (χ4n) is 2.04. The normalized spacial score (nSPS) is 18.1. The summed E-state index contributed by atoms with van der Waals surface area (Å²) in [6.07, 6.45) is 0.190. The first-order chi connectivity index (χ1) is 8.60. The minimum atomic E-state index is -0.796. The number of aliphatic carboxylic acids is 1. The van der Waals surface area contributed by atoms with Gasteiger partial charge in [0.1, 0.15) is 11.9 Å². The van der Waals surface area contributed by atoms with Gasteiger partial charge in [0.05, 0.1) is 18.0 Å². The summed E-state index contributed by atoms with van der Waals surface area (Å²) in [5.74, 6) is 0.174. The molecule has 0 aromatic heterocycles. The number of fused-ring (bicyclic) bond motifs is 1. The molecule has 1 aliphatic heterocycles. The first kappa shape index (κ1) is 13.1. The minimum absolute atomic E-state index is 0.0855. The summed E-state index contributed by atoms with van der Waals surface area (Å²) in [5, 5.41) is 8.69. The Hall–Kier alpha value is -1.36. The molecule has 98 valence electrons. The van der Waals surface area contributed by atoms with Crippen LogP contribution in [0.3, 0.4) is 0 Å². The van der Waals surface area contributed by atoms with Gasteiger partial charge in [0.2, 0.25) is 0 Å². The van der Waals surface area contributed by atoms with Crippen LogP contribution in [0.5, 0.6) is 5.75 Å². The molecule has 1 aromatic carbocycles. The molecular weight excluding hydrogens is 250 g/mol. The topological polar surface area (TPSA) is 49.8 Å². The third-order valence-electron chi connectivity index (χ3n) is 2.82. The van der Waals surface area contributed by atoms with Crippen LogP contribution < -0.4 is 9.64 Å². The highest BCUT2D eigenvalue weighted by Gasteiger charge is 2.22. The summed E-state index contributed by atoms with van der Waals surface area (Å²) in [4.78, 5) is 13.8. The number of carboxylic acid groups (broad SMARTS) is 1. The maximum absolute atomic E-state index is 10.6. The van der Waals surface area contributed by atoms with Crippen molar-refractivity contribution < 1.29 is 14.6 Å². The summed E-state index contributed by atoms with van der Waals surface area (Å²) in [7, 11) is 0. The molecule has 18 heavy (non-hydrogen) atoms. The standard InChI is InChI=1S/C13H17NO3S/c1-3-14-7-9(2)17-12-5-4-10(6-11(12)14)18-8-13(15)16/h4-6,9H,3,7-8H2,1-2H3,(H,15,16). The van der Waals surface area contributed by atoms with E-state index in [0.29, 0.717) is 0 Å². The van der Waals surface area contributed by atoms with E-state index in [1.807, 2.05) is 18.2 Å². The highest BCUT2D eigenvalue weighted by atomic mass is 32.2. The third kappa shape index (κ3) is 2.90. The zero-order chi connectivity index (χ0) is 13.1. The monoisotopic (exact) mass is 267 g/mol. The van der Waals surface area contributed by atoms with Crippen molar-refractivity contribution in [3.63, 3.8) is 0 Å². The van der Waals surface area contributed by atoms with Crippen molar-refractivity contribution in [1.82, 2.24) is 0 Å². The molecule has 0 radical (unpaired) electrons. The Balaban J connectivity index is 2.21. The molecule has 0 amide bonds. The maximum atomic E-state index is 10.6. The predicted molar refractivity (Wildman–Crippen MR) is 72.8 cm³/mol.